The van der Waals surface area contributed by atoms with Crippen LogP contribution in [-0.4, -0.2) is 5.78 Å². The lowest BCUT2D eigenvalue weighted by Crippen LogP contribution is -2.35. The molecule has 6 heteroatoms. The number of anilines is 2. The third-order valence-corrected chi connectivity index (χ3v) is 5.31. The number of aromatic nitrogens is 1. The molecule has 0 saturated carbocycles. The lowest BCUT2D eigenvalue weighted by atomic mass is 10.1. The third-order valence-electron chi connectivity index (χ3n) is 3.88. The molecular formula is C20H17Cl2N2OS+. The number of ketones is 1. The summed E-state index contributed by atoms with van der Waals surface area (Å²) >= 11 is 14.0. The van der Waals surface area contributed by atoms with Gasteiger partial charge < -0.3 is 0 Å². The van der Waals surface area contributed by atoms with Crippen molar-refractivity contribution >= 4 is 51.1 Å². The van der Waals surface area contributed by atoms with Crippen molar-refractivity contribution < 1.29 is 9.36 Å². The van der Waals surface area contributed by atoms with Gasteiger partial charge in [-0.05, 0) is 49.4 Å². The Morgan fingerprint density at radius 2 is 1.96 bits per heavy atom. The van der Waals surface area contributed by atoms with Crippen LogP contribution < -0.4 is 9.88 Å². The zero-order valence-corrected chi connectivity index (χ0v) is 16.5. The second-order valence-electron chi connectivity index (χ2n) is 5.71. The van der Waals surface area contributed by atoms with Crippen molar-refractivity contribution in [3.8, 4) is 11.3 Å². The van der Waals surface area contributed by atoms with Gasteiger partial charge in [0.2, 0.25) is 0 Å². The number of hydrogen-bond acceptors (Lipinski definition) is 3. The van der Waals surface area contributed by atoms with E-state index in [4.69, 9.17) is 23.2 Å². The maximum atomic E-state index is 11.4. The van der Waals surface area contributed by atoms with Gasteiger partial charge in [-0.3, -0.25) is 4.79 Å². The van der Waals surface area contributed by atoms with E-state index in [0.29, 0.717) is 22.2 Å². The molecule has 0 unspecified atom stereocenters. The topological polar surface area (TPSA) is 33.0 Å². The van der Waals surface area contributed by atoms with Crippen molar-refractivity contribution in [3.05, 3.63) is 76.1 Å². The lowest BCUT2D eigenvalue weighted by molar-refractivity contribution is -0.657. The zero-order valence-electron chi connectivity index (χ0n) is 14.1. The Labute approximate surface area is 166 Å². The molecule has 1 heterocycles. The van der Waals surface area contributed by atoms with Gasteiger partial charge in [0.15, 0.2) is 5.78 Å². The Hall–Kier alpha value is -2.14. The van der Waals surface area contributed by atoms with Crippen LogP contribution >= 0.6 is 34.5 Å². The number of nitrogens with one attached hydrogen (secondary N) is 1. The average Bonchev–Trinajstić information content (AvgIpc) is 2.98. The summed E-state index contributed by atoms with van der Waals surface area (Å²) in [7, 11) is 0. The summed E-state index contributed by atoms with van der Waals surface area (Å²) in [5.74, 6) is 0.0501. The molecule has 3 aromatic rings. The molecule has 0 fully saturated rings. The number of hydrogen-bond donors (Lipinski definition) is 1. The van der Waals surface area contributed by atoms with E-state index in [2.05, 4.69) is 16.5 Å². The normalized spacial score (nSPS) is 10.6. The van der Waals surface area contributed by atoms with Gasteiger partial charge in [0.25, 0.3) is 0 Å². The largest absolute Gasteiger partial charge is 0.339 e. The SMILES string of the molecule is C=CC[n+]1c(-c2ccc(Cl)cc2Cl)csc1Nc1ccc(C(C)=O)cc1. The van der Waals surface area contributed by atoms with Gasteiger partial charge in [0.05, 0.1) is 5.02 Å². The fourth-order valence-corrected chi connectivity index (χ4v) is 4.03. The van der Waals surface area contributed by atoms with Gasteiger partial charge in [-0.2, -0.15) is 0 Å². The minimum absolute atomic E-state index is 0.0501. The van der Waals surface area contributed by atoms with Gasteiger partial charge in [0, 0.05) is 21.5 Å². The predicted octanol–water partition coefficient (Wildman–Crippen LogP) is 6.14. The van der Waals surface area contributed by atoms with E-state index >= 15 is 0 Å². The number of halogens is 2. The van der Waals surface area contributed by atoms with Crippen LogP contribution in [0.2, 0.25) is 10.0 Å². The Morgan fingerprint density at radius 3 is 2.58 bits per heavy atom. The standard InChI is InChI=1S/C20H16Cl2N2OS/c1-3-10-24-19(17-9-6-15(21)11-18(17)22)12-26-20(24)23-16-7-4-14(5-8-16)13(2)25/h3-9,11-12H,1,10H2,2H3/p+1. The number of allylic oxidation sites excluding steroid dienone is 1. The average molecular weight is 404 g/mol. The molecule has 2 aromatic carbocycles. The minimum atomic E-state index is 0.0501. The van der Waals surface area contributed by atoms with Crippen LogP contribution in [0.5, 0.6) is 0 Å². The number of nitrogens with zero attached hydrogens (tertiary/aromatic N) is 1. The number of thiazole rings is 1. The van der Waals surface area contributed by atoms with Crippen LogP contribution in [0.15, 0.2) is 60.5 Å². The van der Waals surface area contributed by atoms with Gasteiger partial charge in [-0.15, -0.1) is 0 Å². The highest BCUT2D eigenvalue weighted by Gasteiger charge is 2.20. The number of rotatable bonds is 6. The minimum Gasteiger partial charge on any atom is -0.295 e. The maximum absolute atomic E-state index is 11.4. The first kappa shape index (κ1) is 18.6. The Kier molecular flexibility index (Phi) is 5.77. The van der Waals surface area contributed by atoms with Gasteiger partial charge in [-0.1, -0.05) is 47.2 Å². The molecule has 3 nitrogen and oxygen atoms in total. The van der Waals surface area contributed by atoms with Crippen LogP contribution in [-0.2, 0) is 6.54 Å². The molecular weight excluding hydrogens is 387 g/mol. The molecule has 3 rings (SSSR count). The highest BCUT2D eigenvalue weighted by Crippen LogP contribution is 2.32. The fraction of sp³-hybridized carbons (Fsp3) is 0.100. The second-order valence-corrected chi connectivity index (χ2v) is 7.41. The fourth-order valence-electron chi connectivity index (χ4n) is 2.57. The van der Waals surface area contributed by atoms with Crippen molar-refractivity contribution in [2.45, 2.75) is 13.5 Å². The molecule has 1 aromatic heterocycles. The number of benzene rings is 2. The van der Waals surface area contributed by atoms with Crippen LogP contribution in [0.3, 0.4) is 0 Å². The Morgan fingerprint density at radius 1 is 1.23 bits per heavy atom. The van der Waals surface area contributed by atoms with E-state index in [0.717, 1.165) is 22.1 Å². The zero-order chi connectivity index (χ0) is 18.7. The first-order valence-electron chi connectivity index (χ1n) is 7.95. The van der Waals surface area contributed by atoms with E-state index in [1.165, 1.54) is 0 Å². The molecule has 0 aliphatic rings. The molecule has 0 atom stereocenters. The molecule has 132 valence electrons. The Balaban J connectivity index is 1.96. The molecule has 26 heavy (non-hydrogen) atoms. The van der Waals surface area contributed by atoms with Crippen molar-refractivity contribution in [2.24, 2.45) is 0 Å². The molecule has 0 aliphatic carbocycles. The molecule has 1 N–H and O–H groups in total. The number of carbonyl (C=O) groups is 1. The van der Waals surface area contributed by atoms with Crippen LogP contribution in [0.4, 0.5) is 10.8 Å². The number of carbonyl (C=O) groups excluding carboxylic acids is 1. The molecule has 0 bridgehead atoms. The van der Waals surface area contributed by atoms with Crippen LogP contribution in [0, 0.1) is 0 Å². The third kappa shape index (κ3) is 3.98. The first-order valence-corrected chi connectivity index (χ1v) is 9.59. The summed E-state index contributed by atoms with van der Waals surface area (Å²) in [6, 6.07) is 12.9. The number of Topliss-reactive ketones (excluding diaryl/α,β-unsaturated/α-hetero) is 1. The molecule has 0 amide bonds. The molecule has 0 saturated heterocycles. The maximum Gasteiger partial charge on any atom is 0.339 e. The van der Waals surface area contributed by atoms with Crippen molar-refractivity contribution in [2.75, 3.05) is 5.32 Å². The van der Waals surface area contributed by atoms with Crippen molar-refractivity contribution in [1.29, 1.82) is 0 Å². The summed E-state index contributed by atoms with van der Waals surface area (Å²) in [6.07, 6.45) is 1.84. The van der Waals surface area contributed by atoms with E-state index in [9.17, 15) is 4.79 Å². The van der Waals surface area contributed by atoms with Crippen molar-refractivity contribution in [1.82, 2.24) is 0 Å². The van der Waals surface area contributed by atoms with E-state index in [1.54, 1.807) is 24.3 Å². The second kappa shape index (κ2) is 8.04. The highest BCUT2D eigenvalue weighted by molar-refractivity contribution is 7.13. The quantitative estimate of drug-likeness (QED) is 0.304. The lowest BCUT2D eigenvalue weighted by Gasteiger charge is -2.06. The summed E-state index contributed by atoms with van der Waals surface area (Å²) < 4.78 is 2.10. The predicted molar refractivity (Wildman–Crippen MR) is 110 cm³/mol. The summed E-state index contributed by atoms with van der Waals surface area (Å²) in [5, 5.41) is 7.60. The van der Waals surface area contributed by atoms with Crippen LogP contribution in [0.25, 0.3) is 11.3 Å². The highest BCUT2D eigenvalue weighted by atomic mass is 35.5. The summed E-state index contributed by atoms with van der Waals surface area (Å²) in [4.78, 5) is 11.4. The van der Waals surface area contributed by atoms with Gasteiger partial charge in [0.1, 0.15) is 17.9 Å². The van der Waals surface area contributed by atoms with Gasteiger partial charge in [-0.25, -0.2) is 9.88 Å². The van der Waals surface area contributed by atoms with E-state index in [-0.39, 0.29) is 5.78 Å². The van der Waals surface area contributed by atoms with E-state index < -0.39 is 0 Å². The first-order chi connectivity index (χ1) is 12.5. The van der Waals surface area contributed by atoms with Gasteiger partial charge >= 0.3 is 5.13 Å². The van der Waals surface area contributed by atoms with E-state index in [1.807, 2.05) is 47.9 Å². The smallest absolute Gasteiger partial charge is 0.295 e. The summed E-state index contributed by atoms with van der Waals surface area (Å²) in [6.45, 7) is 6.04. The Bertz CT molecular complexity index is 964. The van der Waals surface area contributed by atoms with Crippen molar-refractivity contribution in [3.63, 3.8) is 0 Å². The summed E-state index contributed by atoms with van der Waals surface area (Å²) in [5.41, 5.74) is 3.49. The monoisotopic (exact) mass is 403 g/mol. The van der Waals surface area contributed by atoms with Crippen LogP contribution in [0.1, 0.15) is 17.3 Å². The molecule has 0 spiro atoms. The molecule has 0 radical (unpaired) electrons. The molecule has 0 aliphatic heterocycles.